The van der Waals surface area contributed by atoms with Crippen LogP contribution < -0.4 is 10.2 Å². The molecule has 0 bridgehead atoms. The van der Waals surface area contributed by atoms with Crippen LogP contribution in [0.1, 0.15) is 25.3 Å². The lowest BCUT2D eigenvalue weighted by Gasteiger charge is -2.25. The molecule has 22 heavy (non-hydrogen) atoms. The van der Waals surface area contributed by atoms with Crippen LogP contribution in [-0.2, 0) is 9.59 Å². The van der Waals surface area contributed by atoms with E-state index in [2.05, 4.69) is 5.32 Å². The first-order valence-electron chi connectivity index (χ1n) is 7.93. The van der Waals surface area contributed by atoms with Gasteiger partial charge in [-0.15, -0.1) is 0 Å². The van der Waals surface area contributed by atoms with E-state index in [1.165, 1.54) is 22.6 Å². The highest BCUT2D eigenvalue weighted by Crippen LogP contribution is 2.08. The van der Waals surface area contributed by atoms with E-state index in [-0.39, 0.29) is 24.4 Å². The fourth-order valence-electron chi connectivity index (χ4n) is 2.90. The number of aryl methyl sites for hydroxylation is 1. The molecule has 1 aliphatic heterocycles. The molecule has 1 saturated heterocycles. The smallest absolute Gasteiger partial charge is 0.280 e. The molecule has 1 aromatic rings. The van der Waals surface area contributed by atoms with Gasteiger partial charge in [0, 0.05) is 25.6 Å². The maximum Gasteiger partial charge on any atom is 0.280 e. The minimum Gasteiger partial charge on any atom is -0.331 e. The molecular formula is C17H26N3O2+. The Morgan fingerprint density at radius 1 is 1.23 bits per heavy atom. The van der Waals surface area contributed by atoms with Crippen molar-refractivity contribution in [3.63, 3.8) is 0 Å². The van der Waals surface area contributed by atoms with Crippen LogP contribution in [0.5, 0.6) is 0 Å². The van der Waals surface area contributed by atoms with E-state index >= 15 is 0 Å². The van der Waals surface area contributed by atoms with Crippen LogP contribution in [0, 0.1) is 6.92 Å². The summed E-state index contributed by atoms with van der Waals surface area (Å²) >= 11 is 0. The van der Waals surface area contributed by atoms with Crippen LogP contribution in [0.25, 0.3) is 0 Å². The molecule has 2 amide bonds. The lowest BCUT2D eigenvalue weighted by Crippen LogP contribution is -3.14. The van der Waals surface area contributed by atoms with Gasteiger partial charge in [-0.1, -0.05) is 17.7 Å². The number of amides is 2. The Kier molecular flexibility index (Phi) is 5.55. The van der Waals surface area contributed by atoms with Crippen molar-refractivity contribution < 1.29 is 14.5 Å². The van der Waals surface area contributed by atoms with Crippen molar-refractivity contribution in [2.24, 2.45) is 0 Å². The molecular weight excluding hydrogens is 278 g/mol. The van der Waals surface area contributed by atoms with Gasteiger partial charge >= 0.3 is 0 Å². The SMILES string of the molecule is Cc1ccc(NC(=O)CN(C)C(=O)[C@@H](C)[NH+]2CCCC2)cc1. The zero-order valence-corrected chi connectivity index (χ0v) is 13.7. The number of nitrogens with one attached hydrogen (secondary N) is 2. The zero-order valence-electron chi connectivity index (χ0n) is 13.7. The van der Waals surface area contributed by atoms with Crippen LogP contribution in [0.2, 0.25) is 0 Å². The standard InChI is InChI=1S/C17H25N3O2/c1-13-6-8-15(9-7-13)18-16(21)12-19(3)17(22)14(2)20-10-4-5-11-20/h6-9,14H,4-5,10-12H2,1-3H3,(H,18,21)/p+1/t14-/m1/s1. The van der Waals surface area contributed by atoms with Crippen LogP contribution in [0.15, 0.2) is 24.3 Å². The van der Waals surface area contributed by atoms with Crippen molar-refractivity contribution in [3.05, 3.63) is 29.8 Å². The highest BCUT2D eigenvalue weighted by Gasteiger charge is 2.30. The van der Waals surface area contributed by atoms with E-state index in [1.54, 1.807) is 7.05 Å². The molecule has 1 aliphatic rings. The van der Waals surface area contributed by atoms with E-state index in [0.29, 0.717) is 0 Å². The summed E-state index contributed by atoms with van der Waals surface area (Å²) in [5.41, 5.74) is 1.90. The summed E-state index contributed by atoms with van der Waals surface area (Å²) in [5, 5.41) is 2.82. The number of carbonyl (C=O) groups excluding carboxylic acids is 2. The first kappa shape index (κ1) is 16.5. The van der Waals surface area contributed by atoms with E-state index in [4.69, 9.17) is 0 Å². The number of benzene rings is 1. The van der Waals surface area contributed by atoms with Crippen LogP contribution in [0.4, 0.5) is 5.69 Å². The zero-order chi connectivity index (χ0) is 16.1. The van der Waals surface area contributed by atoms with Gasteiger partial charge in [0.25, 0.3) is 5.91 Å². The molecule has 0 aromatic heterocycles. The fraction of sp³-hybridized carbons (Fsp3) is 0.529. The molecule has 2 N–H and O–H groups in total. The van der Waals surface area contributed by atoms with Gasteiger partial charge in [0.1, 0.15) is 0 Å². The number of carbonyl (C=O) groups is 2. The van der Waals surface area contributed by atoms with E-state index in [9.17, 15) is 9.59 Å². The van der Waals surface area contributed by atoms with Crippen molar-refractivity contribution in [1.29, 1.82) is 0 Å². The maximum atomic E-state index is 12.4. The molecule has 1 fully saturated rings. The molecule has 120 valence electrons. The predicted molar refractivity (Wildman–Crippen MR) is 86.8 cm³/mol. The molecule has 1 aromatic carbocycles. The number of rotatable bonds is 5. The van der Waals surface area contributed by atoms with Crippen molar-refractivity contribution in [1.82, 2.24) is 4.90 Å². The summed E-state index contributed by atoms with van der Waals surface area (Å²) in [6.45, 7) is 6.15. The van der Waals surface area contributed by atoms with Crippen LogP contribution in [0.3, 0.4) is 0 Å². The lowest BCUT2D eigenvalue weighted by atomic mass is 10.2. The Balaban J connectivity index is 1.84. The van der Waals surface area contributed by atoms with Crippen molar-refractivity contribution >= 4 is 17.5 Å². The number of quaternary nitrogens is 1. The van der Waals surface area contributed by atoms with Crippen LogP contribution >= 0.6 is 0 Å². The Hall–Kier alpha value is -1.88. The summed E-state index contributed by atoms with van der Waals surface area (Å²) in [6.07, 6.45) is 2.37. The molecule has 0 spiro atoms. The average molecular weight is 304 g/mol. The second-order valence-corrected chi connectivity index (χ2v) is 6.20. The molecule has 0 radical (unpaired) electrons. The monoisotopic (exact) mass is 304 g/mol. The fourth-order valence-corrected chi connectivity index (χ4v) is 2.90. The Bertz CT molecular complexity index is 521. The molecule has 5 nitrogen and oxygen atoms in total. The quantitative estimate of drug-likeness (QED) is 0.830. The first-order valence-corrected chi connectivity index (χ1v) is 7.93. The molecule has 5 heteroatoms. The highest BCUT2D eigenvalue weighted by molar-refractivity contribution is 5.94. The number of nitrogens with zero attached hydrogens (tertiary/aromatic N) is 1. The second kappa shape index (κ2) is 7.40. The van der Waals surface area contributed by atoms with Crippen molar-refractivity contribution in [2.45, 2.75) is 32.7 Å². The third-order valence-corrected chi connectivity index (χ3v) is 4.32. The number of hydrogen-bond acceptors (Lipinski definition) is 2. The summed E-state index contributed by atoms with van der Waals surface area (Å²) in [6, 6.07) is 7.56. The molecule has 1 atom stereocenters. The third kappa shape index (κ3) is 4.31. The van der Waals surface area contributed by atoms with E-state index in [0.717, 1.165) is 24.3 Å². The summed E-state index contributed by atoms with van der Waals surface area (Å²) in [4.78, 5) is 27.3. The van der Waals surface area contributed by atoms with Gasteiger partial charge in [-0.3, -0.25) is 9.59 Å². The summed E-state index contributed by atoms with van der Waals surface area (Å²) in [5.74, 6) is -0.126. The average Bonchev–Trinajstić information content (AvgIpc) is 3.02. The van der Waals surface area contributed by atoms with Gasteiger partial charge in [-0.2, -0.15) is 0 Å². The topological polar surface area (TPSA) is 53.9 Å². The Morgan fingerprint density at radius 2 is 1.82 bits per heavy atom. The second-order valence-electron chi connectivity index (χ2n) is 6.20. The molecule has 1 heterocycles. The van der Waals surface area contributed by atoms with Crippen LogP contribution in [-0.4, -0.2) is 49.4 Å². The Morgan fingerprint density at radius 3 is 2.41 bits per heavy atom. The highest BCUT2D eigenvalue weighted by atomic mass is 16.2. The molecule has 0 unspecified atom stereocenters. The Labute approximate surface area is 132 Å². The van der Waals surface area contributed by atoms with Crippen molar-refractivity contribution in [3.8, 4) is 0 Å². The summed E-state index contributed by atoms with van der Waals surface area (Å²) in [7, 11) is 1.70. The van der Waals surface area contributed by atoms with Gasteiger partial charge in [-0.05, 0) is 26.0 Å². The minimum absolute atomic E-state index is 0.0379. The largest absolute Gasteiger partial charge is 0.331 e. The number of likely N-dealkylation sites (tertiary alicyclic amines) is 1. The predicted octanol–water partition coefficient (Wildman–Crippen LogP) is 0.459. The van der Waals surface area contributed by atoms with Gasteiger partial charge in [0.2, 0.25) is 5.91 Å². The first-order chi connectivity index (χ1) is 10.5. The van der Waals surface area contributed by atoms with E-state index in [1.807, 2.05) is 38.1 Å². The normalized spacial score (nSPS) is 16.3. The molecule has 2 rings (SSSR count). The number of likely N-dealkylation sites (N-methyl/N-ethyl adjacent to an activating group) is 1. The van der Waals surface area contributed by atoms with Crippen molar-refractivity contribution in [2.75, 3.05) is 32.0 Å². The number of anilines is 1. The van der Waals surface area contributed by atoms with Gasteiger partial charge < -0.3 is 15.1 Å². The number of hydrogen-bond donors (Lipinski definition) is 2. The van der Waals surface area contributed by atoms with Gasteiger partial charge in [0.05, 0.1) is 19.6 Å². The van der Waals surface area contributed by atoms with Gasteiger partial charge in [-0.25, -0.2) is 0 Å². The lowest BCUT2D eigenvalue weighted by molar-refractivity contribution is -0.902. The third-order valence-electron chi connectivity index (χ3n) is 4.32. The maximum absolute atomic E-state index is 12.4. The molecule has 0 aliphatic carbocycles. The van der Waals surface area contributed by atoms with Gasteiger partial charge in [0.15, 0.2) is 6.04 Å². The molecule has 0 saturated carbocycles. The van der Waals surface area contributed by atoms with E-state index < -0.39 is 0 Å². The summed E-state index contributed by atoms with van der Waals surface area (Å²) < 4.78 is 0. The minimum atomic E-state index is -0.164.